The molecule has 90 heavy (non-hydrogen) atoms. The van der Waals surface area contributed by atoms with Crippen LogP contribution >= 0.6 is 23.5 Å². The first kappa shape index (κ1) is 66.9. The fourth-order valence-corrected chi connectivity index (χ4v) is 15.6. The fourth-order valence-electron chi connectivity index (χ4n) is 13.0. The predicted molar refractivity (Wildman–Crippen MR) is 372 cm³/mol. The third-order valence-electron chi connectivity index (χ3n) is 17.0. The number of hydrogen-bond donors (Lipinski definition) is 1. The summed E-state index contributed by atoms with van der Waals surface area (Å²) in [5, 5.41) is 24.6. The van der Waals surface area contributed by atoms with Gasteiger partial charge in [0.25, 0.3) is 0 Å². The van der Waals surface area contributed by atoms with Crippen molar-refractivity contribution in [3.05, 3.63) is 167 Å². The summed E-state index contributed by atoms with van der Waals surface area (Å²) in [6.07, 6.45) is 3.30. The minimum absolute atomic E-state index is 0. The number of aryl methyl sites for hydroxylation is 1. The van der Waals surface area contributed by atoms with E-state index < -0.39 is 24.3 Å². The maximum Gasteiger partial charge on any atom is 0.389 e. The molecule has 1 N–H and O–H groups in total. The average molecular weight is 1420 g/mol. The molecule has 0 aliphatic carbocycles. The molecule has 10 heteroatoms. The molecule has 2 aliphatic heterocycles. The number of aromatic nitrogens is 2. The van der Waals surface area contributed by atoms with Crippen LogP contribution in [0.3, 0.4) is 0 Å². The third kappa shape index (κ3) is 15.0. The van der Waals surface area contributed by atoms with Crippen molar-refractivity contribution in [2.45, 2.75) is 188 Å². The molecule has 0 amide bonds. The molecular weight excluding hydrogens is 1330 g/mol. The molecule has 8 aromatic carbocycles. The van der Waals surface area contributed by atoms with E-state index in [1.165, 1.54) is 101 Å². The molecule has 0 bridgehead atoms. The Hall–Kier alpha value is -6.03. The van der Waals surface area contributed by atoms with Crippen LogP contribution in [-0.2, 0) is 50.6 Å². The maximum atomic E-state index is 12.3. The van der Waals surface area contributed by atoms with Gasteiger partial charge in [-0.3, -0.25) is 14.8 Å². The van der Waals surface area contributed by atoms with Crippen molar-refractivity contribution in [3.8, 4) is 22.5 Å². The molecule has 0 saturated heterocycles. The first-order chi connectivity index (χ1) is 42.2. The van der Waals surface area contributed by atoms with Crippen LogP contribution in [0.4, 0.5) is 13.2 Å². The summed E-state index contributed by atoms with van der Waals surface area (Å²) in [5.74, 6) is -2.00. The van der Waals surface area contributed by atoms with Gasteiger partial charge in [-0.15, -0.1) is 58.6 Å². The summed E-state index contributed by atoms with van der Waals surface area (Å²) in [5.41, 5.74) is 11.8. The summed E-state index contributed by atoms with van der Waals surface area (Å²) >= 11 is 3.80. The van der Waals surface area contributed by atoms with Gasteiger partial charge < -0.3 is 5.11 Å². The molecule has 2 aromatic heterocycles. The Morgan fingerprint density at radius 1 is 0.556 bits per heavy atom. The van der Waals surface area contributed by atoms with Crippen LogP contribution in [0, 0.1) is 52.6 Å². The van der Waals surface area contributed by atoms with Gasteiger partial charge in [-0.25, -0.2) is 0 Å². The second kappa shape index (κ2) is 26.5. The molecule has 4 heterocycles. The molecule has 2 aliphatic rings. The normalized spacial score (nSPS) is 13.8. The average Bonchev–Trinajstić information content (AvgIpc) is 0.731. The zero-order valence-electron chi connectivity index (χ0n) is 56.3. The summed E-state index contributed by atoms with van der Waals surface area (Å²) in [6.45, 7) is 35.2. The number of hydrogen-bond acceptors (Lipinski definition) is 6. The van der Waals surface area contributed by atoms with Crippen molar-refractivity contribution in [1.82, 2.24) is 9.97 Å². The van der Waals surface area contributed by atoms with Gasteiger partial charge >= 0.3 is 6.18 Å². The van der Waals surface area contributed by atoms with Gasteiger partial charge in [-0.2, -0.15) is 13.2 Å². The standard InChI is InChI=1S/C34H34NS.C33H32NS.C13H21F3O2.Ir/c1-20-11-12-23-22(15-20)16-27-31-30-25(13-14-35-31)24-10-8-9-21(18-33(2,3)4)26(24)17-29(30)36-32(27)28(23)19-34(5,6)7;1-32(2,3)18-21-11-9-13-23-24-14-15-34-30-26-16-20-10-7-8-12-22(20)27(19-33(4,5)6)31(26)35-28(29(24)30)17-25(21)23;1-4-9(5-2)11(17)7-12(18)10(6-3)8-13(14,15)16;/h8-15,17H,18-19H2,1-7H3;7-15,17H,18-19H2,1-6H3;7,9-10,18H,4-6,8H2,1-3H3;/q2*-1;;/b;;12-7-;/i;15D;;. The molecular formula is C80H87F3IrN2O2S2-2. The Morgan fingerprint density at radius 3 is 1.52 bits per heavy atom. The van der Waals surface area contributed by atoms with Crippen molar-refractivity contribution < 1.29 is 44.5 Å². The Kier molecular flexibility index (Phi) is 19.7. The van der Waals surface area contributed by atoms with E-state index in [-0.39, 0.29) is 59.9 Å². The third-order valence-corrected chi connectivity index (χ3v) is 19.3. The van der Waals surface area contributed by atoms with Crippen LogP contribution in [0.15, 0.2) is 147 Å². The minimum Gasteiger partial charge on any atom is -0.512 e. The minimum atomic E-state index is -4.33. The fraction of sp³-hybridized carbons (Fsp3) is 0.388. The number of aliphatic hydroxyl groups is 1. The SMILES string of the molecule is CCC(CC)C(=O)/C=C(\O)C(CC)CC(F)(F)F.Cc1ccc2c(CC(C)(C)C)c3c([c-]c2c1)-c1nccc2c1c(cc1c(CC(C)(C)C)cccc12)S3.[2H]c1cc2c3c(cc4c(CC(C)(C)C)cccc42)Sc2c([c-]c4ccccc4c2CC(C)(C)C)-c3n1.[Ir]. The number of carbonyl (C=O) groups excluding carboxylic acids is 1. The number of benzene rings is 8. The molecule has 473 valence electrons. The van der Waals surface area contributed by atoms with E-state index in [1.807, 2.05) is 49.6 Å². The van der Waals surface area contributed by atoms with Crippen molar-refractivity contribution in [1.29, 1.82) is 0 Å². The number of rotatable bonds is 11. The molecule has 0 saturated carbocycles. The second-order valence-electron chi connectivity index (χ2n) is 29.7. The van der Waals surface area contributed by atoms with Crippen molar-refractivity contribution in [3.63, 3.8) is 0 Å². The topological polar surface area (TPSA) is 63.1 Å². The van der Waals surface area contributed by atoms with Gasteiger partial charge in [-0.1, -0.05) is 209 Å². The molecule has 0 fully saturated rings. The van der Waals surface area contributed by atoms with E-state index in [1.54, 1.807) is 6.92 Å². The van der Waals surface area contributed by atoms with Gasteiger partial charge in [0.2, 0.25) is 0 Å². The van der Waals surface area contributed by atoms with Crippen molar-refractivity contribution in [2.24, 2.45) is 33.5 Å². The summed E-state index contributed by atoms with van der Waals surface area (Å²) in [6, 6.07) is 45.4. The predicted octanol–water partition coefficient (Wildman–Crippen LogP) is 24.0. The molecule has 1 atom stereocenters. The van der Waals surface area contributed by atoms with Crippen LogP contribution in [-0.4, -0.2) is 27.0 Å². The van der Waals surface area contributed by atoms with Crippen molar-refractivity contribution in [2.75, 3.05) is 0 Å². The van der Waals surface area contributed by atoms with Crippen molar-refractivity contribution >= 4 is 93.9 Å². The molecule has 1 radical (unpaired) electrons. The van der Waals surface area contributed by atoms with Gasteiger partial charge in [0.1, 0.15) is 0 Å². The molecule has 1 unspecified atom stereocenters. The van der Waals surface area contributed by atoms with Gasteiger partial charge in [0.05, 0.1) is 13.6 Å². The van der Waals surface area contributed by atoms with Crippen LogP contribution in [0.25, 0.3) is 87.1 Å². The molecule has 0 spiro atoms. The second-order valence-corrected chi connectivity index (χ2v) is 31.8. The first-order valence-electron chi connectivity index (χ1n) is 32.2. The van der Waals surface area contributed by atoms with Gasteiger partial charge in [-0.05, 0) is 162 Å². The van der Waals surface area contributed by atoms with E-state index in [4.69, 9.17) is 11.3 Å². The maximum absolute atomic E-state index is 12.3. The molecule has 12 rings (SSSR count). The molecule has 10 aromatic rings. The zero-order chi connectivity index (χ0) is 65.2. The van der Waals surface area contributed by atoms with E-state index in [0.717, 1.165) is 64.9 Å². The number of alkyl halides is 3. The summed E-state index contributed by atoms with van der Waals surface area (Å²) in [7, 11) is 0. The number of pyridine rings is 2. The quantitative estimate of drug-likeness (QED) is 0.0603. The Morgan fingerprint density at radius 2 is 1.02 bits per heavy atom. The number of aliphatic hydroxyl groups excluding tert-OH is 1. The largest absolute Gasteiger partial charge is 0.512 e. The van der Waals surface area contributed by atoms with Crippen LogP contribution < -0.4 is 0 Å². The first-order valence-corrected chi connectivity index (χ1v) is 33.4. The van der Waals surface area contributed by atoms with E-state index >= 15 is 0 Å². The van der Waals surface area contributed by atoms with Gasteiger partial charge in [0.15, 0.2) is 5.78 Å². The number of fused-ring (bicyclic) bond motifs is 10. The number of ketones is 1. The smallest absolute Gasteiger partial charge is 0.389 e. The Bertz CT molecular complexity index is 4460. The van der Waals surface area contributed by atoms with E-state index in [0.29, 0.717) is 19.0 Å². The zero-order valence-corrected chi connectivity index (χ0v) is 59.3. The van der Waals surface area contributed by atoms with Crippen LogP contribution in [0.1, 0.15) is 159 Å². The number of halogens is 3. The Labute approximate surface area is 555 Å². The van der Waals surface area contributed by atoms with Gasteiger partial charge in [0, 0.05) is 71.6 Å². The monoisotopic (exact) mass is 1420 g/mol. The van der Waals surface area contributed by atoms with Crippen LogP contribution in [0.2, 0.25) is 0 Å². The summed E-state index contributed by atoms with van der Waals surface area (Å²) in [4.78, 5) is 26.7. The molecule has 4 nitrogen and oxygen atoms in total. The number of allylic oxidation sites excluding steroid dienone is 2. The summed E-state index contributed by atoms with van der Waals surface area (Å²) < 4.78 is 45.4. The van der Waals surface area contributed by atoms with E-state index in [9.17, 15) is 23.1 Å². The van der Waals surface area contributed by atoms with E-state index in [2.05, 4.69) is 199 Å². The number of nitrogens with zero attached hydrogens (tertiary/aromatic N) is 2. The number of carbonyl (C=O) groups is 1. The van der Waals surface area contributed by atoms with Crippen LogP contribution in [0.5, 0.6) is 0 Å². The Balaban J connectivity index is 0.000000171.